The van der Waals surface area contributed by atoms with Gasteiger partial charge in [0.25, 0.3) is 10.2 Å². The highest BCUT2D eigenvalue weighted by atomic mass is 32.2. The molecule has 0 atom stereocenters. The number of likely N-dealkylation sites (N-methyl/N-ethyl adjacent to an activating group) is 1. The molecule has 0 amide bonds. The summed E-state index contributed by atoms with van der Waals surface area (Å²) in [5.41, 5.74) is -0.839. The minimum absolute atomic E-state index is 0.187. The number of ether oxygens (including phenoxy) is 1. The average molecular weight is 278 g/mol. The molecule has 1 aliphatic heterocycles. The van der Waals surface area contributed by atoms with Crippen LogP contribution in [-0.2, 0) is 14.9 Å². The van der Waals surface area contributed by atoms with E-state index in [-0.39, 0.29) is 6.54 Å². The second kappa shape index (κ2) is 5.42. The molecule has 0 aromatic heterocycles. The summed E-state index contributed by atoms with van der Waals surface area (Å²) in [6, 6.07) is 0. The molecule has 0 spiro atoms. The van der Waals surface area contributed by atoms with Gasteiger partial charge in [0.05, 0.1) is 18.8 Å². The Labute approximate surface area is 109 Å². The zero-order chi connectivity index (χ0) is 13.2. The van der Waals surface area contributed by atoms with Crippen LogP contribution in [0.3, 0.4) is 0 Å². The quantitative estimate of drug-likeness (QED) is 0.773. The van der Waals surface area contributed by atoms with Crippen LogP contribution in [0.2, 0.25) is 0 Å². The fourth-order valence-corrected chi connectivity index (χ4v) is 4.07. The lowest BCUT2D eigenvalue weighted by atomic mass is 10.0. The minimum Gasteiger partial charge on any atom is -0.389 e. The van der Waals surface area contributed by atoms with Gasteiger partial charge in [-0.25, -0.2) is 0 Å². The summed E-state index contributed by atoms with van der Waals surface area (Å²) in [7, 11) is -1.92. The van der Waals surface area contributed by atoms with E-state index in [0.29, 0.717) is 39.1 Å². The van der Waals surface area contributed by atoms with Crippen molar-refractivity contribution in [3.63, 3.8) is 0 Å². The topological polar surface area (TPSA) is 70.1 Å². The molecule has 2 aliphatic rings. The predicted molar refractivity (Wildman–Crippen MR) is 67.4 cm³/mol. The third-order valence-corrected chi connectivity index (χ3v) is 5.68. The molecule has 7 heteroatoms. The van der Waals surface area contributed by atoms with Gasteiger partial charge in [-0.05, 0) is 12.8 Å². The predicted octanol–water partition coefficient (Wildman–Crippen LogP) is -0.200. The van der Waals surface area contributed by atoms with Gasteiger partial charge in [0.15, 0.2) is 0 Å². The molecule has 18 heavy (non-hydrogen) atoms. The highest BCUT2D eigenvalue weighted by molar-refractivity contribution is 7.86. The molecule has 1 saturated carbocycles. The number of nitrogens with zero attached hydrogens (tertiary/aromatic N) is 2. The van der Waals surface area contributed by atoms with Crippen molar-refractivity contribution in [3.05, 3.63) is 0 Å². The second-order valence-corrected chi connectivity index (χ2v) is 7.24. The molecule has 1 saturated heterocycles. The van der Waals surface area contributed by atoms with E-state index in [1.807, 2.05) is 0 Å². The molecule has 1 N–H and O–H groups in total. The third kappa shape index (κ3) is 3.03. The molecule has 0 radical (unpaired) electrons. The second-order valence-electron chi connectivity index (χ2n) is 5.21. The molecular weight excluding hydrogens is 256 g/mol. The SMILES string of the molecule is CN(CC1(O)CCCC1)S(=O)(=O)N1CCOCC1. The Morgan fingerprint density at radius 2 is 1.83 bits per heavy atom. The van der Waals surface area contributed by atoms with E-state index in [9.17, 15) is 13.5 Å². The Balaban J connectivity index is 2.00. The first-order valence-electron chi connectivity index (χ1n) is 6.46. The lowest BCUT2D eigenvalue weighted by Crippen LogP contribution is -2.51. The summed E-state index contributed by atoms with van der Waals surface area (Å²) in [6.45, 7) is 1.86. The van der Waals surface area contributed by atoms with Gasteiger partial charge in [-0.15, -0.1) is 0 Å². The summed E-state index contributed by atoms with van der Waals surface area (Å²) < 4.78 is 32.5. The van der Waals surface area contributed by atoms with Crippen molar-refractivity contribution in [2.45, 2.75) is 31.3 Å². The van der Waals surface area contributed by atoms with Gasteiger partial charge in [-0.3, -0.25) is 0 Å². The number of aliphatic hydroxyl groups is 1. The first kappa shape index (κ1) is 14.2. The van der Waals surface area contributed by atoms with Crippen LogP contribution in [-0.4, -0.2) is 67.6 Å². The third-order valence-electron chi connectivity index (χ3n) is 3.74. The van der Waals surface area contributed by atoms with Crippen LogP contribution < -0.4 is 0 Å². The van der Waals surface area contributed by atoms with E-state index in [1.54, 1.807) is 7.05 Å². The zero-order valence-electron chi connectivity index (χ0n) is 10.8. The molecule has 2 rings (SSSR count). The molecule has 1 heterocycles. The lowest BCUT2D eigenvalue weighted by Gasteiger charge is -2.33. The van der Waals surface area contributed by atoms with Crippen molar-refractivity contribution in [1.29, 1.82) is 0 Å². The molecule has 0 unspecified atom stereocenters. The highest BCUT2D eigenvalue weighted by Gasteiger charge is 2.37. The Kier molecular flexibility index (Phi) is 4.28. The molecule has 0 aromatic rings. The van der Waals surface area contributed by atoms with Gasteiger partial charge >= 0.3 is 0 Å². The maximum atomic E-state index is 12.3. The van der Waals surface area contributed by atoms with E-state index >= 15 is 0 Å². The van der Waals surface area contributed by atoms with E-state index in [0.717, 1.165) is 12.8 Å². The normalized spacial score (nSPS) is 25.7. The van der Waals surface area contributed by atoms with E-state index in [2.05, 4.69) is 0 Å². The summed E-state index contributed by atoms with van der Waals surface area (Å²) in [5, 5.41) is 10.3. The molecule has 106 valence electrons. The molecule has 1 aliphatic carbocycles. The Morgan fingerprint density at radius 3 is 2.39 bits per heavy atom. The van der Waals surface area contributed by atoms with Crippen LogP contribution in [0.15, 0.2) is 0 Å². The van der Waals surface area contributed by atoms with Crippen LogP contribution in [0.25, 0.3) is 0 Å². The number of hydrogen-bond donors (Lipinski definition) is 1. The monoisotopic (exact) mass is 278 g/mol. The van der Waals surface area contributed by atoms with Gasteiger partial charge in [0, 0.05) is 26.7 Å². The van der Waals surface area contributed by atoms with Gasteiger partial charge in [-0.1, -0.05) is 12.8 Å². The smallest absolute Gasteiger partial charge is 0.281 e. The number of hydrogen-bond acceptors (Lipinski definition) is 4. The summed E-state index contributed by atoms with van der Waals surface area (Å²) in [5.74, 6) is 0. The Morgan fingerprint density at radius 1 is 1.28 bits per heavy atom. The van der Waals surface area contributed by atoms with Crippen LogP contribution >= 0.6 is 0 Å². The van der Waals surface area contributed by atoms with E-state index in [1.165, 1.54) is 8.61 Å². The largest absolute Gasteiger partial charge is 0.389 e. The summed E-state index contributed by atoms with van der Waals surface area (Å²) in [6.07, 6.45) is 3.33. The fraction of sp³-hybridized carbons (Fsp3) is 1.00. The van der Waals surface area contributed by atoms with Crippen LogP contribution in [0.1, 0.15) is 25.7 Å². The maximum Gasteiger partial charge on any atom is 0.281 e. The van der Waals surface area contributed by atoms with Crippen molar-refractivity contribution in [3.8, 4) is 0 Å². The van der Waals surface area contributed by atoms with Crippen molar-refractivity contribution in [2.24, 2.45) is 0 Å². The highest BCUT2D eigenvalue weighted by Crippen LogP contribution is 2.30. The van der Waals surface area contributed by atoms with E-state index in [4.69, 9.17) is 4.74 Å². The average Bonchev–Trinajstić information content (AvgIpc) is 2.77. The van der Waals surface area contributed by atoms with Gasteiger partial charge in [-0.2, -0.15) is 17.0 Å². The number of morpholine rings is 1. The number of rotatable bonds is 4. The zero-order valence-corrected chi connectivity index (χ0v) is 11.7. The minimum atomic E-state index is -3.46. The standard InChI is InChI=1S/C11H22N2O4S/c1-12(10-11(14)4-2-3-5-11)18(15,16)13-6-8-17-9-7-13/h14H,2-10H2,1H3. The van der Waals surface area contributed by atoms with Crippen molar-refractivity contribution < 1.29 is 18.3 Å². The Hall–Kier alpha value is -0.210. The first-order valence-corrected chi connectivity index (χ1v) is 7.85. The fourth-order valence-electron chi connectivity index (χ4n) is 2.66. The van der Waals surface area contributed by atoms with Crippen LogP contribution in [0.5, 0.6) is 0 Å². The summed E-state index contributed by atoms with van der Waals surface area (Å²) >= 11 is 0. The molecular formula is C11H22N2O4S. The first-order chi connectivity index (χ1) is 8.44. The molecule has 2 fully saturated rings. The van der Waals surface area contributed by atoms with Gasteiger partial charge in [0.2, 0.25) is 0 Å². The van der Waals surface area contributed by atoms with Gasteiger partial charge in [0.1, 0.15) is 0 Å². The van der Waals surface area contributed by atoms with Crippen LogP contribution in [0, 0.1) is 0 Å². The van der Waals surface area contributed by atoms with Crippen molar-refractivity contribution in [2.75, 3.05) is 39.9 Å². The van der Waals surface area contributed by atoms with Crippen LogP contribution in [0.4, 0.5) is 0 Å². The van der Waals surface area contributed by atoms with Gasteiger partial charge < -0.3 is 9.84 Å². The molecule has 0 bridgehead atoms. The summed E-state index contributed by atoms with van der Waals surface area (Å²) in [4.78, 5) is 0. The maximum absolute atomic E-state index is 12.3. The molecule has 6 nitrogen and oxygen atoms in total. The van der Waals surface area contributed by atoms with Crippen molar-refractivity contribution >= 4 is 10.2 Å². The van der Waals surface area contributed by atoms with E-state index < -0.39 is 15.8 Å². The van der Waals surface area contributed by atoms with Crippen molar-refractivity contribution in [1.82, 2.24) is 8.61 Å². The Bertz CT molecular complexity index is 373. The molecule has 0 aromatic carbocycles. The lowest BCUT2D eigenvalue weighted by molar-refractivity contribution is 0.0297.